The van der Waals surface area contributed by atoms with E-state index in [0.29, 0.717) is 6.04 Å². The fourth-order valence-electron chi connectivity index (χ4n) is 5.21. The Morgan fingerprint density at radius 3 is 2.33 bits per heavy atom. The van der Waals surface area contributed by atoms with E-state index in [4.69, 9.17) is 9.97 Å². The predicted octanol–water partition coefficient (Wildman–Crippen LogP) is 3.28. The summed E-state index contributed by atoms with van der Waals surface area (Å²) < 4.78 is 0. The maximum atomic E-state index is 4.94. The largest absolute Gasteiger partial charge is 0.369 e. The van der Waals surface area contributed by atoms with Crippen LogP contribution in [-0.2, 0) is 19.4 Å². The Morgan fingerprint density at radius 2 is 1.61 bits per heavy atom. The molecule has 0 atom stereocenters. The van der Waals surface area contributed by atoms with E-state index in [9.17, 15) is 0 Å². The highest BCUT2D eigenvalue weighted by Crippen LogP contribution is 2.26. The third-order valence-electron chi connectivity index (χ3n) is 7.04. The summed E-state index contributed by atoms with van der Waals surface area (Å²) in [5, 5.41) is 4.68. The maximum Gasteiger partial charge on any atom is 0.145 e. The fourth-order valence-corrected chi connectivity index (χ4v) is 5.21. The SMILES string of the molecule is CN(C)CCCNc1nc(CN2CCN(C3Cc4ccccc4C3)CC2)nc2ccccc12. The molecule has 2 aromatic carbocycles. The Balaban J connectivity index is 1.20. The van der Waals surface area contributed by atoms with Gasteiger partial charge in [-0.25, -0.2) is 9.97 Å². The van der Waals surface area contributed by atoms with Crippen molar-refractivity contribution in [3.63, 3.8) is 0 Å². The van der Waals surface area contributed by atoms with E-state index >= 15 is 0 Å². The molecule has 3 aromatic rings. The van der Waals surface area contributed by atoms with Gasteiger partial charge in [0, 0.05) is 44.2 Å². The van der Waals surface area contributed by atoms with Crippen molar-refractivity contribution in [1.29, 1.82) is 0 Å². The fraction of sp³-hybridized carbons (Fsp3) is 0.481. The first-order valence-electron chi connectivity index (χ1n) is 12.3. The predicted molar refractivity (Wildman–Crippen MR) is 136 cm³/mol. The molecular weight excluding hydrogens is 408 g/mol. The van der Waals surface area contributed by atoms with Crippen molar-refractivity contribution in [2.45, 2.75) is 31.8 Å². The first-order valence-corrected chi connectivity index (χ1v) is 12.3. The molecule has 0 saturated carbocycles. The van der Waals surface area contributed by atoms with Crippen LogP contribution in [0.5, 0.6) is 0 Å². The highest BCUT2D eigenvalue weighted by Gasteiger charge is 2.29. The van der Waals surface area contributed by atoms with Crippen LogP contribution >= 0.6 is 0 Å². The number of benzene rings is 2. The Kier molecular flexibility index (Phi) is 6.85. The number of rotatable bonds is 8. The van der Waals surface area contributed by atoms with Crippen LogP contribution in [0.25, 0.3) is 10.9 Å². The van der Waals surface area contributed by atoms with Gasteiger partial charge in [-0.05, 0) is 63.2 Å². The molecule has 6 nitrogen and oxygen atoms in total. The zero-order chi connectivity index (χ0) is 22.6. The van der Waals surface area contributed by atoms with Gasteiger partial charge in [0.25, 0.3) is 0 Å². The van der Waals surface area contributed by atoms with E-state index in [1.807, 2.05) is 0 Å². The molecular formula is C27H36N6. The normalized spacial score (nSPS) is 17.7. The van der Waals surface area contributed by atoms with E-state index in [1.165, 1.54) is 12.8 Å². The highest BCUT2D eigenvalue weighted by atomic mass is 15.3. The molecule has 1 fully saturated rings. The van der Waals surface area contributed by atoms with Gasteiger partial charge in [-0.3, -0.25) is 9.80 Å². The molecule has 0 unspecified atom stereocenters. The molecule has 174 valence electrons. The molecule has 0 bridgehead atoms. The molecule has 0 amide bonds. The number of hydrogen-bond acceptors (Lipinski definition) is 6. The van der Waals surface area contributed by atoms with Crippen molar-refractivity contribution in [3.05, 3.63) is 65.5 Å². The van der Waals surface area contributed by atoms with E-state index in [-0.39, 0.29) is 0 Å². The molecule has 1 aliphatic heterocycles. The molecule has 2 aliphatic rings. The number of fused-ring (bicyclic) bond motifs is 2. The van der Waals surface area contributed by atoms with Crippen LogP contribution in [0.15, 0.2) is 48.5 Å². The summed E-state index contributed by atoms with van der Waals surface area (Å²) in [6.07, 6.45) is 3.49. The van der Waals surface area contributed by atoms with Crippen LogP contribution in [0, 0.1) is 0 Å². The minimum Gasteiger partial charge on any atom is -0.369 e. The van der Waals surface area contributed by atoms with Gasteiger partial charge in [-0.2, -0.15) is 0 Å². The molecule has 1 aromatic heterocycles. The van der Waals surface area contributed by atoms with Crippen LogP contribution in [0.3, 0.4) is 0 Å². The number of nitrogens with zero attached hydrogens (tertiary/aromatic N) is 5. The zero-order valence-electron chi connectivity index (χ0n) is 20.0. The lowest BCUT2D eigenvalue weighted by Gasteiger charge is -2.37. The van der Waals surface area contributed by atoms with Gasteiger partial charge < -0.3 is 10.2 Å². The van der Waals surface area contributed by atoms with Crippen LogP contribution in [-0.4, -0.2) is 84.1 Å². The lowest BCUT2D eigenvalue weighted by Crippen LogP contribution is -2.50. The number of anilines is 1. The molecule has 1 aliphatic carbocycles. The van der Waals surface area contributed by atoms with Gasteiger partial charge in [-0.1, -0.05) is 36.4 Å². The smallest absolute Gasteiger partial charge is 0.145 e. The number of aromatic nitrogens is 2. The van der Waals surface area contributed by atoms with Gasteiger partial charge in [-0.15, -0.1) is 0 Å². The number of para-hydroxylation sites is 1. The van der Waals surface area contributed by atoms with Crippen LogP contribution in [0.1, 0.15) is 23.4 Å². The molecule has 6 heteroatoms. The molecule has 0 radical (unpaired) electrons. The van der Waals surface area contributed by atoms with Crippen molar-refractivity contribution in [2.24, 2.45) is 0 Å². The van der Waals surface area contributed by atoms with E-state index < -0.39 is 0 Å². The van der Waals surface area contributed by atoms with Crippen LogP contribution < -0.4 is 5.32 Å². The molecule has 1 saturated heterocycles. The monoisotopic (exact) mass is 444 g/mol. The Morgan fingerprint density at radius 1 is 0.909 bits per heavy atom. The minimum atomic E-state index is 0.666. The molecule has 33 heavy (non-hydrogen) atoms. The van der Waals surface area contributed by atoms with Crippen molar-refractivity contribution in [2.75, 3.05) is 58.7 Å². The number of nitrogens with one attached hydrogen (secondary N) is 1. The van der Waals surface area contributed by atoms with Gasteiger partial charge in [0.05, 0.1) is 12.1 Å². The summed E-state index contributed by atoms with van der Waals surface area (Å²) in [7, 11) is 4.23. The Labute approximate surface area is 197 Å². The third-order valence-corrected chi connectivity index (χ3v) is 7.04. The van der Waals surface area contributed by atoms with Crippen molar-refractivity contribution in [3.8, 4) is 0 Å². The van der Waals surface area contributed by atoms with Crippen molar-refractivity contribution in [1.82, 2.24) is 24.7 Å². The standard InChI is InChI=1S/C27H36N6/c1-31(2)13-7-12-28-27-24-10-5-6-11-25(24)29-26(30-27)20-32-14-16-33(17-15-32)23-18-21-8-3-4-9-22(21)19-23/h3-6,8-11,23H,7,12-20H2,1-2H3,(H,28,29,30). The Hall–Kier alpha value is -2.54. The second-order valence-corrected chi connectivity index (χ2v) is 9.73. The summed E-state index contributed by atoms with van der Waals surface area (Å²) >= 11 is 0. The summed E-state index contributed by atoms with van der Waals surface area (Å²) in [6.45, 7) is 7.21. The van der Waals surface area contributed by atoms with Crippen LogP contribution in [0.4, 0.5) is 5.82 Å². The zero-order valence-corrected chi connectivity index (χ0v) is 20.0. The molecule has 0 spiro atoms. The quantitative estimate of drug-likeness (QED) is 0.538. The summed E-state index contributed by atoms with van der Waals surface area (Å²) in [4.78, 5) is 17.3. The number of hydrogen-bond donors (Lipinski definition) is 1. The lowest BCUT2D eigenvalue weighted by molar-refractivity contribution is 0.0934. The molecule has 2 heterocycles. The highest BCUT2D eigenvalue weighted by molar-refractivity contribution is 5.88. The Bertz CT molecular complexity index is 1050. The van der Waals surface area contributed by atoms with Gasteiger partial charge >= 0.3 is 0 Å². The van der Waals surface area contributed by atoms with E-state index in [1.54, 1.807) is 11.1 Å². The summed E-state index contributed by atoms with van der Waals surface area (Å²) in [6, 6.07) is 18.0. The molecule has 1 N–H and O–H groups in total. The second kappa shape index (κ2) is 10.2. The number of piperazine rings is 1. The second-order valence-electron chi connectivity index (χ2n) is 9.73. The lowest BCUT2D eigenvalue weighted by atomic mass is 10.1. The van der Waals surface area contributed by atoms with Crippen molar-refractivity contribution >= 4 is 16.7 Å². The average Bonchev–Trinajstić information content (AvgIpc) is 3.26. The first kappa shape index (κ1) is 22.3. The van der Waals surface area contributed by atoms with Gasteiger partial charge in [0.15, 0.2) is 0 Å². The van der Waals surface area contributed by atoms with E-state index in [2.05, 4.69) is 82.6 Å². The molecule has 5 rings (SSSR count). The summed E-state index contributed by atoms with van der Waals surface area (Å²) in [5.74, 6) is 1.89. The maximum absolute atomic E-state index is 4.94. The van der Waals surface area contributed by atoms with Gasteiger partial charge in [0.1, 0.15) is 11.6 Å². The minimum absolute atomic E-state index is 0.666. The van der Waals surface area contributed by atoms with Gasteiger partial charge in [0.2, 0.25) is 0 Å². The average molecular weight is 445 g/mol. The third kappa shape index (κ3) is 5.35. The van der Waals surface area contributed by atoms with Crippen LogP contribution in [0.2, 0.25) is 0 Å². The first-order chi connectivity index (χ1) is 16.2. The van der Waals surface area contributed by atoms with E-state index in [0.717, 1.165) is 74.8 Å². The topological polar surface area (TPSA) is 47.5 Å². The summed E-state index contributed by atoms with van der Waals surface area (Å²) in [5.41, 5.74) is 4.11. The van der Waals surface area contributed by atoms with Crippen molar-refractivity contribution < 1.29 is 0 Å².